The van der Waals surface area contributed by atoms with Crippen molar-refractivity contribution in [2.24, 2.45) is 5.10 Å². The molecule has 2 amide bonds. The van der Waals surface area contributed by atoms with E-state index in [-0.39, 0.29) is 11.8 Å². The first kappa shape index (κ1) is 23.9. The molecule has 0 aliphatic carbocycles. The lowest BCUT2D eigenvalue weighted by Gasteiger charge is -2.22. The van der Waals surface area contributed by atoms with Crippen LogP contribution in [0, 0.1) is 13.8 Å². The number of nitrogens with zero attached hydrogens (tertiary/aromatic N) is 2. The van der Waals surface area contributed by atoms with Crippen molar-refractivity contribution < 1.29 is 19.1 Å². The Morgan fingerprint density at radius 3 is 2.53 bits per heavy atom. The van der Waals surface area contributed by atoms with Crippen molar-refractivity contribution in [1.29, 1.82) is 0 Å². The van der Waals surface area contributed by atoms with Crippen LogP contribution < -0.4 is 14.8 Å². The van der Waals surface area contributed by atoms with Crippen molar-refractivity contribution in [3.05, 3.63) is 58.1 Å². The van der Waals surface area contributed by atoms with Gasteiger partial charge in [-0.2, -0.15) is 0 Å². The topological polar surface area (TPSA) is 80.2 Å². The van der Waals surface area contributed by atoms with E-state index in [1.54, 1.807) is 18.2 Å². The van der Waals surface area contributed by atoms with Gasteiger partial charge >= 0.3 is 0 Å². The lowest BCUT2D eigenvalue weighted by molar-refractivity contribution is -0.129. The molecule has 7 nitrogen and oxygen atoms in total. The molecule has 2 aromatic rings. The van der Waals surface area contributed by atoms with E-state index in [1.165, 1.54) is 41.7 Å². The third kappa shape index (κ3) is 6.17. The molecule has 1 aliphatic heterocycles. The van der Waals surface area contributed by atoms with Gasteiger partial charge in [0.15, 0.2) is 5.17 Å². The van der Waals surface area contributed by atoms with Gasteiger partial charge in [-0.05, 0) is 55.3 Å². The molecule has 3 rings (SSSR count). The van der Waals surface area contributed by atoms with Gasteiger partial charge in [0.2, 0.25) is 11.8 Å². The summed E-state index contributed by atoms with van der Waals surface area (Å²) in [4.78, 5) is 23.6. The third-order valence-corrected chi connectivity index (χ3v) is 6.10. The molecule has 0 fully saturated rings. The van der Waals surface area contributed by atoms with Crippen LogP contribution in [-0.4, -0.2) is 35.2 Å². The maximum atomic E-state index is 12.1. The predicted molar refractivity (Wildman–Crippen MR) is 127 cm³/mol. The number of ether oxygens (including phenoxy) is 2. The summed E-state index contributed by atoms with van der Waals surface area (Å²) >= 11 is 7.48. The van der Waals surface area contributed by atoms with Gasteiger partial charge in [-0.25, -0.2) is 5.01 Å². The van der Waals surface area contributed by atoms with E-state index in [4.69, 9.17) is 21.1 Å². The normalized spacial score (nSPS) is 15.3. The molecule has 2 aromatic carbocycles. The van der Waals surface area contributed by atoms with Gasteiger partial charge in [0.1, 0.15) is 16.9 Å². The highest BCUT2D eigenvalue weighted by Crippen LogP contribution is 2.43. The summed E-state index contributed by atoms with van der Waals surface area (Å²) in [7, 11) is 0. The Balaban J connectivity index is 1.64. The largest absolute Gasteiger partial charge is 0.493 e. The highest BCUT2D eigenvalue weighted by Gasteiger charge is 2.34. The summed E-state index contributed by atoms with van der Waals surface area (Å²) in [6.07, 6.45) is 0.677. The number of hydrazone groups is 1. The van der Waals surface area contributed by atoms with Gasteiger partial charge < -0.3 is 14.8 Å². The minimum absolute atomic E-state index is 0.254. The van der Waals surface area contributed by atoms with Crippen molar-refractivity contribution >= 4 is 40.3 Å². The fraction of sp³-hybridized carbons (Fsp3) is 0.348. The second kappa shape index (κ2) is 10.7. The fourth-order valence-electron chi connectivity index (χ4n) is 3.04. The molecule has 1 aliphatic rings. The molecular weight excluding hydrogens is 450 g/mol. The van der Waals surface area contributed by atoms with Gasteiger partial charge in [0.05, 0.1) is 13.2 Å². The Labute approximate surface area is 197 Å². The number of benzene rings is 2. The zero-order valence-corrected chi connectivity index (χ0v) is 20.0. The molecule has 0 bridgehead atoms. The zero-order valence-electron chi connectivity index (χ0n) is 18.5. The lowest BCUT2D eigenvalue weighted by Crippen LogP contribution is -2.25. The molecule has 0 saturated carbocycles. The van der Waals surface area contributed by atoms with Crippen LogP contribution in [0.1, 0.15) is 42.3 Å². The second-order valence-electron chi connectivity index (χ2n) is 7.40. The first-order valence-electron chi connectivity index (χ1n) is 10.2. The molecule has 0 unspecified atom stereocenters. The average molecular weight is 476 g/mol. The number of amidine groups is 1. The second-order valence-corrected chi connectivity index (χ2v) is 8.90. The van der Waals surface area contributed by atoms with E-state index in [1.807, 2.05) is 18.2 Å². The van der Waals surface area contributed by atoms with E-state index in [0.717, 1.165) is 5.75 Å². The van der Waals surface area contributed by atoms with Crippen molar-refractivity contribution in [2.75, 3.05) is 13.2 Å². The first-order valence-corrected chi connectivity index (χ1v) is 11.5. The summed E-state index contributed by atoms with van der Waals surface area (Å²) in [6, 6.07) is 11.3. The number of amides is 2. The Kier molecular flexibility index (Phi) is 8.04. The Hall–Kier alpha value is -2.71. The molecule has 1 heterocycles. The van der Waals surface area contributed by atoms with Crippen LogP contribution >= 0.6 is 23.4 Å². The van der Waals surface area contributed by atoms with Crippen LogP contribution in [0.5, 0.6) is 11.5 Å². The van der Waals surface area contributed by atoms with Crippen LogP contribution in [0.3, 0.4) is 0 Å². The summed E-state index contributed by atoms with van der Waals surface area (Å²) < 4.78 is 11.8. The number of nitrogens with one attached hydrogen (secondary N) is 1. The molecule has 0 aromatic heterocycles. The Bertz CT molecular complexity index is 1040. The molecule has 1 atom stereocenters. The van der Waals surface area contributed by atoms with E-state index in [9.17, 15) is 9.59 Å². The third-order valence-electron chi connectivity index (χ3n) is 4.78. The number of aryl methyl sites for hydroxylation is 2. The number of thioether (sulfide) groups is 1. The molecule has 9 heteroatoms. The molecule has 32 heavy (non-hydrogen) atoms. The smallest absolute Gasteiger partial charge is 0.241 e. The standard InChI is InChI=1S/C23H26ClN3O4S/c1-14-6-8-19(12-15(14)2)30-10-5-11-31-21-9-7-18(24)13-20(21)22-27(17(4)29)26-23(32-22)25-16(3)28/h6-9,12-13,22H,5,10-11H2,1-4H3,(H,25,26,28)/t22-/m1/s1. The van der Waals surface area contributed by atoms with E-state index in [2.05, 4.69) is 24.3 Å². The van der Waals surface area contributed by atoms with Crippen LogP contribution in [0.15, 0.2) is 41.5 Å². The maximum absolute atomic E-state index is 12.1. The molecule has 0 radical (unpaired) electrons. The predicted octanol–water partition coefficient (Wildman–Crippen LogP) is 4.81. The SMILES string of the molecule is CC(=O)NC1=NN(C(C)=O)[C@@H](c2cc(Cl)ccc2OCCCOc2ccc(C)c(C)c2)S1. The molecule has 1 N–H and O–H groups in total. The van der Waals surface area contributed by atoms with Crippen LogP contribution in [0.4, 0.5) is 0 Å². The van der Waals surface area contributed by atoms with E-state index in [0.29, 0.717) is 41.1 Å². The Morgan fingerprint density at radius 1 is 1.09 bits per heavy atom. The minimum atomic E-state index is -0.491. The van der Waals surface area contributed by atoms with Gasteiger partial charge in [0.25, 0.3) is 0 Å². The fourth-order valence-corrected chi connectivity index (χ4v) is 4.38. The minimum Gasteiger partial charge on any atom is -0.493 e. The van der Waals surface area contributed by atoms with Crippen molar-refractivity contribution in [3.63, 3.8) is 0 Å². The van der Waals surface area contributed by atoms with Crippen molar-refractivity contribution in [2.45, 2.75) is 39.5 Å². The maximum Gasteiger partial charge on any atom is 0.241 e. The van der Waals surface area contributed by atoms with Crippen LogP contribution in [-0.2, 0) is 9.59 Å². The van der Waals surface area contributed by atoms with Gasteiger partial charge in [-0.15, -0.1) is 5.10 Å². The van der Waals surface area contributed by atoms with E-state index >= 15 is 0 Å². The molecular formula is C23H26ClN3O4S. The molecule has 0 saturated heterocycles. The Morgan fingerprint density at radius 2 is 1.84 bits per heavy atom. The summed E-state index contributed by atoms with van der Waals surface area (Å²) in [6.45, 7) is 7.87. The van der Waals surface area contributed by atoms with Gasteiger partial charge in [-0.1, -0.05) is 29.4 Å². The molecule has 170 valence electrons. The highest BCUT2D eigenvalue weighted by atomic mass is 35.5. The zero-order chi connectivity index (χ0) is 23.3. The van der Waals surface area contributed by atoms with Crippen LogP contribution in [0.25, 0.3) is 0 Å². The van der Waals surface area contributed by atoms with Gasteiger partial charge in [-0.3, -0.25) is 9.59 Å². The monoisotopic (exact) mass is 475 g/mol. The molecule has 0 spiro atoms. The first-order chi connectivity index (χ1) is 15.2. The van der Waals surface area contributed by atoms with E-state index < -0.39 is 5.37 Å². The van der Waals surface area contributed by atoms with Crippen molar-refractivity contribution in [3.8, 4) is 11.5 Å². The summed E-state index contributed by atoms with van der Waals surface area (Å²) in [5, 5.41) is 8.55. The highest BCUT2D eigenvalue weighted by molar-refractivity contribution is 8.14. The van der Waals surface area contributed by atoms with Crippen LogP contribution in [0.2, 0.25) is 5.02 Å². The average Bonchev–Trinajstić information content (AvgIpc) is 3.14. The lowest BCUT2D eigenvalue weighted by atomic mass is 10.1. The van der Waals surface area contributed by atoms with Crippen molar-refractivity contribution in [1.82, 2.24) is 10.3 Å². The number of rotatable bonds is 7. The van der Waals surface area contributed by atoms with Gasteiger partial charge in [0, 0.05) is 30.9 Å². The number of carbonyl (C=O) groups is 2. The number of carbonyl (C=O) groups excluding carboxylic acids is 2. The summed E-state index contributed by atoms with van der Waals surface area (Å²) in [5.41, 5.74) is 3.12. The quantitative estimate of drug-likeness (QED) is 0.581. The number of hydrogen-bond donors (Lipinski definition) is 1. The summed E-state index contributed by atoms with van der Waals surface area (Å²) in [5.74, 6) is 0.924. The number of halogens is 1. The number of hydrogen-bond acceptors (Lipinski definition) is 6.